The first kappa shape index (κ1) is 17.5. The minimum atomic E-state index is -0.0373. The molecule has 4 nitrogen and oxygen atoms in total. The van der Waals surface area contributed by atoms with Crippen LogP contribution in [0.25, 0.3) is 0 Å². The molecule has 1 aromatic rings. The van der Waals surface area contributed by atoms with E-state index in [9.17, 15) is 9.59 Å². The van der Waals surface area contributed by atoms with Crippen LogP contribution in [-0.4, -0.2) is 24.4 Å². The number of anilines is 1. The zero-order valence-electron chi connectivity index (χ0n) is 14.0. The van der Waals surface area contributed by atoms with Crippen LogP contribution in [0.5, 0.6) is 0 Å². The molecular weight excluding hydrogens is 368 g/mol. The number of rotatable bonds is 3. The summed E-state index contributed by atoms with van der Waals surface area (Å²) in [5, 5.41) is 3.15. The van der Waals surface area contributed by atoms with Gasteiger partial charge in [-0.15, -0.1) is 0 Å². The first-order valence-corrected chi connectivity index (χ1v) is 9.81. The average molecular weight is 393 g/mol. The van der Waals surface area contributed by atoms with Crippen LogP contribution in [0.1, 0.15) is 56.9 Å². The Hall–Kier alpha value is -1.36. The van der Waals surface area contributed by atoms with Crippen molar-refractivity contribution in [2.24, 2.45) is 0 Å². The Morgan fingerprint density at radius 1 is 1.12 bits per heavy atom. The van der Waals surface area contributed by atoms with Gasteiger partial charge in [0.15, 0.2) is 0 Å². The van der Waals surface area contributed by atoms with Crippen LogP contribution in [0.3, 0.4) is 0 Å². The van der Waals surface area contributed by atoms with Gasteiger partial charge in [-0.2, -0.15) is 0 Å². The minimum Gasteiger partial charge on any atom is -0.352 e. The molecule has 0 spiro atoms. The predicted molar refractivity (Wildman–Crippen MR) is 99.1 cm³/mol. The molecule has 0 saturated heterocycles. The second-order valence-electron chi connectivity index (χ2n) is 6.86. The first-order chi connectivity index (χ1) is 11.6. The number of carbonyl (C=O) groups excluding carboxylic acids is 2. The number of aryl methyl sites for hydroxylation is 1. The second kappa shape index (κ2) is 8.15. The van der Waals surface area contributed by atoms with Crippen molar-refractivity contribution in [3.8, 4) is 0 Å². The zero-order valence-corrected chi connectivity index (χ0v) is 15.6. The third-order valence-corrected chi connectivity index (χ3v) is 5.51. The van der Waals surface area contributed by atoms with E-state index >= 15 is 0 Å². The summed E-state index contributed by atoms with van der Waals surface area (Å²) in [6.07, 6.45) is 9.55. The quantitative estimate of drug-likeness (QED) is 0.845. The van der Waals surface area contributed by atoms with Gasteiger partial charge in [-0.25, -0.2) is 0 Å². The molecule has 0 bridgehead atoms. The SMILES string of the molecule is O=C(CN1C(=O)CCc2cc(Br)ccc21)NC1CCCCCCC1. The van der Waals surface area contributed by atoms with Crippen LogP contribution in [0.4, 0.5) is 5.69 Å². The Kier molecular flexibility index (Phi) is 5.93. The maximum absolute atomic E-state index is 12.5. The standard InChI is InChI=1S/C19H25BrN2O2/c20-15-9-10-17-14(12-15)8-11-19(24)22(17)13-18(23)21-16-6-4-2-1-3-5-7-16/h9-10,12,16H,1-8,11,13H2,(H,21,23). The predicted octanol–water partition coefficient (Wildman–Crippen LogP) is 3.96. The van der Waals surface area contributed by atoms with Crippen LogP contribution in [0.15, 0.2) is 22.7 Å². The van der Waals surface area contributed by atoms with E-state index in [1.807, 2.05) is 18.2 Å². The van der Waals surface area contributed by atoms with Crippen LogP contribution < -0.4 is 10.2 Å². The monoisotopic (exact) mass is 392 g/mol. The first-order valence-electron chi connectivity index (χ1n) is 9.01. The Labute approximate surface area is 152 Å². The number of benzene rings is 1. The van der Waals surface area contributed by atoms with Crippen molar-refractivity contribution in [1.29, 1.82) is 0 Å². The maximum atomic E-state index is 12.5. The van der Waals surface area contributed by atoms with Gasteiger partial charge in [-0.1, -0.05) is 48.0 Å². The summed E-state index contributed by atoms with van der Waals surface area (Å²) in [5.74, 6) is 0.00216. The Morgan fingerprint density at radius 3 is 2.58 bits per heavy atom. The summed E-state index contributed by atoms with van der Waals surface area (Å²) in [7, 11) is 0. The van der Waals surface area contributed by atoms with Crippen LogP contribution >= 0.6 is 15.9 Å². The molecule has 2 amide bonds. The smallest absolute Gasteiger partial charge is 0.240 e. The number of halogens is 1. The van der Waals surface area contributed by atoms with Gasteiger partial charge in [0.05, 0.1) is 0 Å². The summed E-state index contributed by atoms with van der Waals surface area (Å²) in [4.78, 5) is 26.4. The van der Waals surface area contributed by atoms with Gasteiger partial charge >= 0.3 is 0 Å². The lowest BCUT2D eigenvalue weighted by Crippen LogP contribution is -2.46. The van der Waals surface area contributed by atoms with Gasteiger partial charge in [-0.05, 0) is 43.0 Å². The molecule has 0 aromatic heterocycles. The Morgan fingerprint density at radius 2 is 1.83 bits per heavy atom. The van der Waals surface area contributed by atoms with E-state index in [0.29, 0.717) is 6.42 Å². The van der Waals surface area contributed by atoms with Crippen LogP contribution in [-0.2, 0) is 16.0 Å². The second-order valence-corrected chi connectivity index (χ2v) is 7.78. The highest BCUT2D eigenvalue weighted by Gasteiger charge is 2.26. The summed E-state index contributed by atoms with van der Waals surface area (Å²) in [6.45, 7) is 0.129. The van der Waals surface area contributed by atoms with Crippen molar-refractivity contribution >= 4 is 33.4 Å². The topological polar surface area (TPSA) is 49.4 Å². The molecule has 0 radical (unpaired) electrons. The van der Waals surface area contributed by atoms with Crippen LogP contribution in [0, 0.1) is 0 Å². The minimum absolute atomic E-state index is 0.0373. The summed E-state index contributed by atoms with van der Waals surface area (Å²) in [5.41, 5.74) is 2.00. The number of hydrogen-bond donors (Lipinski definition) is 1. The summed E-state index contributed by atoms with van der Waals surface area (Å²) in [6, 6.07) is 6.17. The van der Waals surface area contributed by atoms with E-state index in [0.717, 1.165) is 35.0 Å². The highest BCUT2D eigenvalue weighted by atomic mass is 79.9. The normalized spacial score (nSPS) is 19.4. The molecule has 1 saturated carbocycles. The largest absolute Gasteiger partial charge is 0.352 e. The van der Waals surface area contributed by atoms with E-state index in [1.54, 1.807) is 4.90 Å². The molecule has 0 unspecified atom stereocenters. The average Bonchev–Trinajstić information content (AvgIpc) is 2.52. The summed E-state index contributed by atoms with van der Waals surface area (Å²) < 4.78 is 1.01. The van der Waals surface area contributed by atoms with Crippen molar-refractivity contribution in [3.05, 3.63) is 28.2 Å². The molecule has 2 aliphatic rings. The van der Waals surface area contributed by atoms with Gasteiger partial charge in [-0.3, -0.25) is 9.59 Å². The molecule has 3 rings (SSSR count). The van der Waals surface area contributed by atoms with Gasteiger partial charge in [0, 0.05) is 22.6 Å². The highest BCUT2D eigenvalue weighted by molar-refractivity contribution is 9.10. The van der Waals surface area contributed by atoms with Crippen molar-refractivity contribution < 1.29 is 9.59 Å². The van der Waals surface area contributed by atoms with Crippen molar-refractivity contribution in [1.82, 2.24) is 5.32 Å². The van der Waals surface area contributed by atoms with Gasteiger partial charge in [0.1, 0.15) is 6.54 Å². The number of carbonyl (C=O) groups is 2. The molecule has 130 valence electrons. The lowest BCUT2D eigenvalue weighted by atomic mass is 9.96. The third kappa shape index (κ3) is 4.38. The zero-order chi connectivity index (χ0) is 16.9. The molecule has 5 heteroatoms. The molecule has 1 heterocycles. The van der Waals surface area contributed by atoms with E-state index < -0.39 is 0 Å². The van der Waals surface area contributed by atoms with Gasteiger partial charge < -0.3 is 10.2 Å². The fourth-order valence-electron chi connectivity index (χ4n) is 3.72. The van der Waals surface area contributed by atoms with E-state index in [-0.39, 0.29) is 24.4 Å². The lowest BCUT2D eigenvalue weighted by molar-refractivity contribution is -0.124. The fraction of sp³-hybridized carbons (Fsp3) is 0.579. The Balaban J connectivity index is 1.64. The van der Waals surface area contributed by atoms with Gasteiger partial charge in [0.25, 0.3) is 0 Å². The van der Waals surface area contributed by atoms with Gasteiger partial charge in [0.2, 0.25) is 11.8 Å². The molecular formula is C19H25BrN2O2. The lowest BCUT2D eigenvalue weighted by Gasteiger charge is -2.30. The van der Waals surface area contributed by atoms with Crippen LogP contribution in [0.2, 0.25) is 0 Å². The molecule has 1 fully saturated rings. The number of amides is 2. The molecule has 0 atom stereocenters. The van der Waals surface area contributed by atoms with E-state index in [2.05, 4.69) is 21.2 Å². The molecule has 24 heavy (non-hydrogen) atoms. The third-order valence-electron chi connectivity index (χ3n) is 5.01. The molecule has 1 aliphatic carbocycles. The Bertz CT molecular complexity index is 609. The van der Waals surface area contributed by atoms with Crippen molar-refractivity contribution in [2.75, 3.05) is 11.4 Å². The summed E-state index contributed by atoms with van der Waals surface area (Å²) >= 11 is 3.47. The molecule has 1 aromatic carbocycles. The number of nitrogens with one attached hydrogen (secondary N) is 1. The molecule has 1 aliphatic heterocycles. The highest BCUT2D eigenvalue weighted by Crippen LogP contribution is 2.30. The maximum Gasteiger partial charge on any atom is 0.240 e. The van der Waals surface area contributed by atoms with Crippen molar-refractivity contribution in [2.45, 2.75) is 63.8 Å². The van der Waals surface area contributed by atoms with Crippen molar-refractivity contribution in [3.63, 3.8) is 0 Å². The number of hydrogen-bond acceptors (Lipinski definition) is 2. The van der Waals surface area contributed by atoms with E-state index in [1.165, 1.54) is 32.1 Å². The number of nitrogens with zero attached hydrogens (tertiary/aromatic N) is 1. The molecule has 1 N–H and O–H groups in total. The van der Waals surface area contributed by atoms with E-state index in [4.69, 9.17) is 0 Å². The number of fused-ring (bicyclic) bond motifs is 1. The fourth-order valence-corrected chi connectivity index (χ4v) is 4.13.